The van der Waals surface area contributed by atoms with Crippen molar-refractivity contribution >= 4 is 11.0 Å². The number of para-hydroxylation sites is 1. The largest absolute Gasteiger partial charge is 0.507 e. The van der Waals surface area contributed by atoms with Crippen molar-refractivity contribution in [1.29, 1.82) is 0 Å². The molecule has 4 nitrogen and oxygen atoms in total. The second kappa shape index (κ2) is 24.0. The van der Waals surface area contributed by atoms with Gasteiger partial charge in [-0.25, -0.2) is 4.98 Å². The summed E-state index contributed by atoms with van der Waals surface area (Å²) in [6.07, 6.45) is 8.10. The number of pyridine rings is 1. The average molecular weight is 1280 g/mol. The van der Waals surface area contributed by atoms with Crippen LogP contribution in [0, 0.1) is 12.0 Å². The van der Waals surface area contributed by atoms with E-state index in [4.69, 9.17) is 9.97 Å². The van der Waals surface area contributed by atoms with Gasteiger partial charge in [-0.1, -0.05) is 273 Å². The van der Waals surface area contributed by atoms with Gasteiger partial charge in [-0.15, -0.1) is 23.8 Å². The summed E-state index contributed by atoms with van der Waals surface area (Å²) >= 11 is 0. The van der Waals surface area contributed by atoms with Crippen LogP contribution in [0.1, 0.15) is 54.9 Å². The Bertz CT molecular complexity index is 4410. The molecule has 0 amide bonds. The number of fused-ring (bicyclic) bond motifs is 1. The van der Waals surface area contributed by atoms with Gasteiger partial charge in [-0.05, 0) is 117 Å². The summed E-state index contributed by atoms with van der Waals surface area (Å²) in [5, 5.41) is 12.9. The van der Waals surface area contributed by atoms with Crippen molar-refractivity contribution in [1.82, 2.24) is 14.5 Å². The van der Waals surface area contributed by atoms with Crippen LogP contribution in [0.5, 0.6) is 5.75 Å². The Kier molecular flexibility index (Phi) is 15.5. The Morgan fingerprint density at radius 3 is 1.58 bits per heavy atom. The van der Waals surface area contributed by atoms with E-state index in [1.54, 1.807) is 0 Å². The summed E-state index contributed by atoms with van der Waals surface area (Å²) in [6, 6.07) is 103. The van der Waals surface area contributed by atoms with Gasteiger partial charge >= 0.3 is 0 Å². The smallest absolute Gasteiger partial charge is 0.148 e. The van der Waals surface area contributed by atoms with Gasteiger partial charge in [0.25, 0.3) is 0 Å². The molecule has 85 heavy (non-hydrogen) atoms. The predicted octanol–water partition coefficient (Wildman–Crippen LogP) is 20.3. The molecule has 11 aromatic carbocycles. The van der Waals surface area contributed by atoms with E-state index in [1.807, 2.05) is 30.5 Å². The topological polar surface area (TPSA) is 50.9 Å². The second-order valence-electron chi connectivity index (χ2n) is 22.6. The molecule has 414 valence electrons. The Morgan fingerprint density at radius 2 is 0.965 bits per heavy atom. The van der Waals surface area contributed by atoms with Gasteiger partial charge in [0.15, 0.2) is 0 Å². The standard InChI is InChI=1S/C80H62N3O.Pt/c1-80(67-33-16-6-17-34-67,68-35-18-7-19-36-68)69-42-40-59(41-43-69)62-45-46-81-74(54-62)66-50-63(57-25-8-2-9-26-57)49-65(51-66)70-37-22-38-76-77(70)82-79(73-53-64(58-27-10-3-11-28-58)52-72(78(73)84)61-31-14-5-15-32-61)83(76)75-44-39-56(47-55-23-20-21-24-55)48-71(75)60-29-12-4-13-30-60;/h2-19,22,25-46,48-50,52-55,84H,20-21,23-24,47H2,1H3;/q-1;. The Labute approximate surface area is 513 Å². The van der Waals surface area contributed by atoms with Gasteiger partial charge in [-0.2, -0.15) is 0 Å². The Hall–Kier alpha value is -9.47. The van der Waals surface area contributed by atoms with Crippen LogP contribution in [0.2, 0.25) is 0 Å². The van der Waals surface area contributed by atoms with E-state index in [0.29, 0.717) is 17.3 Å². The number of hydrogen-bond donors (Lipinski definition) is 1. The molecule has 1 N–H and O–H groups in total. The number of aromatic nitrogens is 3. The Morgan fingerprint density at radius 1 is 0.447 bits per heavy atom. The van der Waals surface area contributed by atoms with Crippen LogP contribution in [0.3, 0.4) is 0 Å². The molecule has 1 aliphatic carbocycles. The van der Waals surface area contributed by atoms with Gasteiger partial charge in [0, 0.05) is 49.5 Å². The van der Waals surface area contributed by atoms with Crippen molar-refractivity contribution in [2.24, 2.45) is 5.92 Å². The van der Waals surface area contributed by atoms with Gasteiger partial charge in [0.1, 0.15) is 11.6 Å². The number of nitrogens with zero attached hydrogens (tertiary/aromatic N) is 3. The molecule has 1 fully saturated rings. The van der Waals surface area contributed by atoms with Crippen molar-refractivity contribution < 1.29 is 26.2 Å². The number of phenols is 1. The van der Waals surface area contributed by atoms with Gasteiger partial charge in [-0.3, -0.25) is 9.55 Å². The maximum atomic E-state index is 12.9. The van der Waals surface area contributed by atoms with E-state index in [9.17, 15) is 5.11 Å². The predicted molar refractivity (Wildman–Crippen MR) is 347 cm³/mol. The fourth-order valence-corrected chi connectivity index (χ4v) is 12.9. The number of hydrogen-bond acceptors (Lipinski definition) is 3. The van der Waals surface area contributed by atoms with Crippen LogP contribution in [0.15, 0.2) is 285 Å². The molecule has 1 saturated carbocycles. The van der Waals surface area contributed by atoms with Gasteiger partial charge < -0.3 is 5.11 Å². The molecule has 0 atom stereocenters. The normalized spacial score (nSPS) is 12.5. The van der Waals surface area contributed by atoms with Crippen molar-refractivity contribution in [2.75, 3.05) is 0 Å². The van der Waals surface area contributed by atoms with E-state index in [0.717, 1.165) is 101 Å². The zero-order chi connectivity index (χ0) is 56.4. The van der Waals surface area contributed by atoms with E-state index in [2.05, 4.69) is 272 Å². The minimum atomic E-state index is -0.353. The SMILES string of the molecule is CC(c1ccccc1)(c1ccccc1)c1ccc(-c2ccnc(-c3[c-]c(-c4cccc5c4nc(-c4cc(-c6ccccc6)cc(-c6ccccc6)c4O)n5-c4ccc(CC5CCCC5)cc4-c4ccccc4)cc(-c4ccccc4)c3)c2)cc1.[Pt]. The first-order valence-corrected chi connectivity index (χ1v) is 29.4. The molecular weight excluding hydrogens is 1210 g/mol. The summed E-state index contributed by atoms with van der Waals surface area (Å²) in [5.41, 5.74) is 21.7. The minimum absolute atomic E-state index is 0. The fraction of sp³-hybridized carbons (Fsp3) is 0.100. The molecule has 0 bridgehead atoms. The van der Waals surface area contributed by atoms with Crippen LogP contribution in [-0.4, -0.2) is 19.6 Å². The molecule has 13 aromatic rings. The molecule has 1 aliphatic rings. The quantitative estimate of drug-likeness (QED) is 0.0872. The number of aromatic hydroxyl groups is 1. The van der Waals surface area contributed by atoms with E-state index in [-0.39, 0.29) is 32.2 Å². The summed E-state index contributed by atoms with van der Waals surface area (Å²) < 4.78 is 2.29. The van der Waals surface area contributed by atoms with Crippen LogP contribution < -0.4 is 0 Å². The first-order chi connectivity index (χ1) is 41.4. The van der Waals surface area contributed by atoms with Crippen molar-refractivity contribution in [3.63, 3.8) is 0 Å². The first kappa shape index (κ1) is 54.8. The summed E-state index contributed by atoms with van der Waals surface area (Å²) in [5.74, 6) is 1.48. The molecule has 14 rings (SSSR count). The molecular formula is C80H62N3OPt-. The number of imidazole rings is 1. The monoisotopic (exact) mass is 1280 g/mol. The maximum Gasteiger partial charge on any atom is 0.148 e. The molecule has 2 aromatic heterocycles. The number of rotatable bonds is 14. The van der Waals surface area contributed by atoms with Crippen molar-refractivity contribution in [3.05, 3.63) is 314 Å². The van der Waals surface area contributed by atoms with Crippen LogP contribution >= 0.6 is 0 Å². The third kappa shape index (κ3) is 10.8. The van der Waals surface area contributed by atoms with Gasteiger partial charge in [0.2, 0.25) is 0 Å². The van der Waals surface area contributed by atoms with E-state index in [1.165, 1.54) is 47.9 Å². The number of phenolic OH excluding ortho intramolecular Hbond substituents is 1. The summed E-state index contributed by atoms with van der Waals surface area (Å²) in [7, 11) is 0. The molecule has 0 aliphatic heterocycles. The number of benzene rings is 11. The van der Waals surface area contributed by atoms with Gasteiger partial charge in [0.05, 0.1) is 22.3 Å². The molecule has 0 radical (unpaired) electrons. The molecule has 0 saturated heterocycles. The minimum Gasteiger partial charge on any atom is -0.507 e. The molecule has 0 unspecified atom stereocenters. The van der Waals surface area contributed by atoms with E-state index >= 15 is 0 Å². The second-order valence-corrected chi connectivity index (χ2v) is 22.6. The summed E-state index contributed by atoms with van der Waals surface area (Å²) in [6.45, 7) is 2.32. The molecule has 0 spiro atoms. The third-order valence-corrected chi connectivity index (χ3v) is 17.4. The molecule has 2 heterocycles. The average Bonchev–Trinajstić information content (AvgIpc) is 2.18. The van der Waals surface area contributed by atoms with Crippen molar-refractivity contribution in [2.45, 2.75) is 44.4 Å². The zero-order valence-electron chi connectivity index (χ0n) is 47.4. The third-order valence-electron chi connectivity index (χ3n) is 17.4. The fourth-order valence-electron chi connectivity index (χ4n) is 12.9. The zero-order valence-corrected chi connectivity index (χ0v) is 49.6. The molecule has 5 heteroatoms. The summed E-state index contributed by atoms with van der Waals surface area (Å²) in [4.78, 5) is 10.9. The van der Waals surface area contributed by atoms with Crippen LogP contribution in [0.4, 0.5) is 0 Å². The van der Waals surface area contributed by atoms with Crippen LogP contribution in [0.25, 0.3) is 106 Å². The van der Waals surface area contributed by atoms with Crippen molar-refractivity contribution in [3.8, 4) is 101 Å². The maximum absolute atomic E-state index is 12.9. The Balaban J connectivity index is 0.00000672. The van der Waals surface area contributed by atoms with Crippen LogP contribution in [-0.2, 0) is 32.9 Å². The first-order valence-electron chi connectivity index (χ1n) is 29.4. The van der Waals surface area contributed by atoms with E-state index < -0.39 is 0 Å².